The zero-order valence-electron chi connectivity index (χ0n) is 25.9. The number of pyridine rings is 2. The molecule has 10 rings (SSSR count). The molecule has 0 spiro atoms. The highest BCUT2D eigenvalue weighted by Crippen LogP contribution is 2.39. The predicted molar refractivity (Wildman–Crippen MR) is 193 cm³/mol. The van der Waals surface area contributed by atoms with E-state index in [2.05, 4.69) is 106 Å². The molecule has 5 heteroatoms. The molecule has 0 aliphatic heterocycles. The van der Waals surface area contributed by atoms with Gasteiger partial charge in [-0.3, -0.25) is 9.97 Å². The van der Waals surface area contributed by atoms with Crippen molar-refractivity contribution in [3.63, 3.8) is 0 Å². The first-order valence-electron chi connectivity index (χ1n) is 16.0. The molecule has 0 bridgehead atoms. The maximum atomic E-state index is 6.05. The van der Waals surface area contributed by atoms with Crippen LogP contribution in [0, 0.1) is 0 Å². The average molecular weight is 608 g/mol. The van der Waals surface area contributed by atoms with Crippen LogP contribution in [0.25, 0.3) is 93.9 Å². The molecule has 5 heterocycles. The van der Waals surface area contributed by atoms with E-state index in [4.69, 9.17) is 8.83 Å². The van der Waals surface area contributed by atoms with Crippen LogP contribution in [-0.2, 0) is 0 Å². The monoisotopic (exact) mass is 607 g/mol. The van der Waals surface area contributed by atoms with Crippen molar-refractivity contribution in [3.05, 3.63) is 140 Å². The lowest BCUT2D eigenvalue weighted by molar-refractivity contribution is 0.668. The second-order valence-corrected chi connectivity index (χ2v) is 11.5. The van der Waals surface area contributed by atoms with Gasteiger partial charge in [0, 0.05) is 39.6 Å². The summed E-state index contributed by atoms with van der Waals surface area (Å²) in [5, 5.41) is 4.43. The largest absolute Gasteiger partial charge is 0.454 e. The summed E-state index contributed by atoms with van der Waals surface area (Å²) in [5.74, 6) is 0. The van der Waals surface area contributed by atoms with E-state index in [0.29, 0.717) is 0 Å². The second kappa shape index (κ2) is 10.7. The van der Waals surface area contributed by atoms with Gasteiger partial charge in [0.05, 0.1) is 11.0 Å². The maximum Gasteiger partial charge on any atom is 0.153 e. The third-order valence-electron chi connectivity index (χ3n) is 8.90. The molecule has 0 saturated heterocycles. The number of furan rings is 2. The molecule has 0 aliphatic rings. The van der Waals surface area contributed by atoms with Crippen LogP contribution in [0.2, 0.25) is 0 Å². The van der Waals surface area contributed by atoms with Crippen molar-refractivity contribution in [2.24, 2.45) is 0 Å². The van der Waals surface area contributed by atoms with E-state index < -0.39 is 0 Å². The van der Waals surface area contributed by atoms with Crippen molar-refractivity contribution in [3.8, 4) is 27.9 Å². The Morgan fingerprint density at radius 1 is 0.426 bits per heavy atom. The Hall–Kier alpha value is -6.20. The molecule has 47 heavy (non-hydrogen) atoms. The van der Waals surface area contributed by atoms with E-state index >= 15 is 0 Å². The Balaban J connectivity index is 0.00000149. The van der Waals surface area contributed by atoms with Crippen LogP contribution in [0.5, 0.6) is 0 Å². The average Bonchev–Trinajstić information content (AvgIpc) is 3.81. The van der Waals surface area contributed by atoms with Crippen LogP contribution in [0.15, 0.2) is 149 Å². The molecule has 5 nitrogen and oxygen atoms in total. The number of rotatable bonds is 3. The SMILES string of the molecule is CC.c1ccc(-n2c3ccc(-c4ccc5oc6cccnc6c5c4)cc3c3cc(-c4ccc5oc6cccnc6c5c4)ccc32)cc1. The van der Waals surface area contributed by atoms with Crippen molar-refractivity contribution in [2.75, 3.05) is 0 Å². The third kappa shape index (κ3) is 4.24. The molecule has 5 aromatic carbocycles. The van der Waals surface area contributed by atoms with E-state index in [1.54, 1.807) is 0 Å². The number of aromatic nitrogens is 3. The first kappa shape index (κ1) is 27.1. The lowest BCUT2D eigenvalue weighted by atomic mass is 9.99. The molecule has 224 valence electrons. The first-order valence-corrected chi connectivity index (χ1v) is 16.0. The van der Waals surface area contributed by atoms with Crippen molar-refractivity contribution >= 4 is 65.9 Å². The number of fused-ring (bicyclic) bond motifs is 9. The Labute approximate surface area is 270 Å². The van der Waals surface area contributed by atoms with Gasteiger partial charge in [0.1, 0.15) is 22.2 Å². The van der Waals surface area contributed by atoms with Crippen LogP contribution in [-0.4, -0.2) is 14.5 Å². The summed E-state index contributed by atoms with van der Waals surface area (Å²) < 4.78 is 14.4. The number of hydrogen-bond donors (Lipinski definition) is 0. The highest BCUT2D eigenvalue weighted by atomic mass is 16.3. The van der Waals surface area contributed by atoms with Crippen molar-refractivity contribution in [1.29, 1.82) is 0 Å². The number of benzene rings is 5. The summed E-state index contributed by atoms with van der Waals surface area (Å²) in [4.78, 5) is 9.19. The fourth-order valence-corrected chi connectivity index (χ4v) is 6.79. The van der Waals surface area contributed by atoms with Crippen LogP contribution >= 0.6 is 0 Å². The molecule has 0 fully saturated rings. The van der Waals surface area contributed by atoms with Gasteiger partial charge < -0.3 is 13.4 Å². The van der Waals surface area contributed by atoms with Gasteiger partial charge in [-0.25, -0.2) is 0 Å². The minimum absolute atomic E-state index is 0.802. The zero-order chi connectivity index (χ0) is 31.5. The lowest BCUT2D eigenvalue weighted by Gasteiger charge is -2.08. The Morgan fingerprint density at radius 3 is 1.36 bits per heavy atom. The summed E-state index contributed by atoms with van der Waals surface area (Å²) in [5.41, 5.74) is 13.1. The van der Waals surface area contributed by atoms with Gasteiger partial charge in [-0.2, -0.15) is 0 Å². The second-order valence-electron chi connectivity index (χ2n) is 11.5. The van der Waals surface area contributed by atoms with Gasteiger partial charge in [0.15, 0.2) is 11.2 Å². The summed E-state index contributed by atoms with van der Waals surface area (Å²) in [6, 6.07) is 44.6. The van der Waals surface area contributed by atoms with Gasteiger partial charge in [-0.05, 0) is 107 Å². The number of para-hydroxylation sites is 1. The van der Waals surface area contributed by atoms with Gasteiger partial charge in [0.25, 0.3) is 0 Å². The van der Waals surface area contributed by atoms with Gasteiger partial charge in [-0.15, -0.1) is 0 Å². The molecule has 0 unspecified atom stereocenters. The molecule has 0 amide bonds. The van der Waals surface area contributed by atoms with Gasteiger partial charge in [0.2, 0.25) is 0 Å². The fourth-order valence-electron chi connectivity index (χ4n) is 6.79. The van der Waals surface area contributed by atoms with Crippen LogP contribution in [0.1, 0.15) is 13.8 Å². The standard InChI is InChI=1S/C40H23N3O2.C2H6/c1-2-6-28(7-3-1)43-33-14-10-24(26-12-16-35-31(22-26)39-37(44-35)8-4-18-41-39)20-29(33)30-21-25(11-15-34(30)43)27-13-17-36-32(23-27)40-38(45-36)9-5-19-42-40;1-2/h1-23H;1-2H3. The first-order chi connectivity index (χ1) is 23.3. The maximum absolute atomic E-state index is 6.05. The summed E-state index contributed by atoms with van der Waals surface area (Å²) >= 11 is 0. The highest BCUT2D eigenvalue weighted by molar-refractivity contribution is 6.12. The van der Waals surface area contributed by atoms with E-state index in [-0.39, 0.29) is 0 Å². The Bertz CT molecular complexity index is 2600. The van der Waals surface area contributed by atoms with E-state index in [0.717, 1.165) is 83.1 Å². The molecule has 0 aliphatic carbocycles. The van der Waals surface area contributed by atoms with Gasteiger partial charge >= 0.3 is 0 Å². The third-order valence-corrected chi connectivity index (χ3v) is 8.90. The number of nitrogens with zero attached hydrogens (tertiary/aromatic N) is 3. The van der Waals surface area contributed by atoms with Crippen molar-refractivity contribution in [2.45, 2.75) is 13.8 Å². The van der Waals surface area contributed by atoms with E-state index in [9.17, 15) is 0 Å². The molecule has 10 aromatic rings. The minimum Gasteiger partial charge on any atom is -0.454 e. The smallest absolute Gasteiger partial charge is 0.153 e. The van der Waals surface area contributed by atoms with Crippen molar-refractivity contribution < 1.29 is 8.83 Å². The van der Waals surface area contributed by atoms with E-state index in [1.165, 1.54) is 10.8 Å². The fraction of sp³-hybridized carbons (Fsp3) is 0.0476. The lowest BCUT2D eigenvalue weighted by Crippen LogP contribution is -1.93. The van der Waals surface area contributed by atoms with Crippen LogP contribution in [0.3, 0.4) is 0 Å². The zero-order valence-corrected chi connectivity index (χ0v) is 25.9. The Morgan fingerprint density at radius 2 is 0.872 bits per heavy atom. The Kier molecular flexibility index (Phi) is 6.18. The molecule has 0 atom stereocenters. The molecule has 0 N–H and O–H groups in total. The summed E-state index contributed by atoms with van der Waals surface area (Å²) in [7, 11) is 0. The molecule has 0 saturated carbocycles. The van der Waals surface area contributed by atoms with Gasteiger partial charge in [-0.1, -0.05) is 56.3 Å². The summed E-state index contributed by atoms with van der Waals surface area (Å²) in [6.07, 6.45) is 3.63. The van der Waals surface area contributed by atoms with Crippen LogP contribution in [0.4, 0.5) is 0 Å². The number of hydrogen-bond acceptors (Lipinski definition) is 4. The minimum atomic E-state index is 0.802. The molecule has 0 radical (unpaired) electrons. The quantitative estimate of drug-likeness (QED) is 0.200. The normalized spacial score (nSPS) is 11.6. The van der Waals surface area contributed by atoms with Crippen LogP contribution < -0.4 is 0 Å². The molecule has 5 aromatic heterocycles. The predicted octanol–water partition coefficient (Wildman–Crippen LogP) is 11.7. The summed E-state index contributed by atoms with van der Waals surface area (Å²) in [6.45, 7) is 4.00. The topological polar surface area (TPSA) is 57.0 Å². The molecular weight excluding hydrogens is 578 g/mol. The highest BCUT2D eigenvalue weighted by Gasteiger charge is 2.16. The van der Waals surface area contributed by atoms with Crippen molar-refractivity contribution in [1.82, 2.24) is 14.5 Å². The molecular formula is C42H29N3O2. The van der Waals surface area contributed by atoms with E-state index in [1.807, 2.05) is 62.6 Å².